The third-order valence-corrected chi connectivity index (χ3v) is 2.35. The van der Waals surface area contributed by atoms with Crippen molar-refractivity contribution in [2.75, 3.05) is 7.05 Å². The first-order valence-electron chi connectivity index (χ1n) is 4.90. The summed E-state index contributed by atoms with van der Waals surface area (Å²) in [5.41, 5.74) is 1.05. The largest absolute Gasteiger partial charge is 0.485 e. The van der Waals surface area contributed by atoms with Gasteiger partial charge in [0.05, 0.1) is 5.02 Å². The van der Waals surface area contributed by atoms with Gasteiger partial charge < -0.3 is 10.1 Å². The lowest BCUT2D eigenvalue weighted by Gasteiger charge is -2.15. The second-order valence-corrected chi connectivity index (χ2v) is 3.72. The molecule has 2 nitrogen and oxygen atoms in total. The van der Waals surface area contributed by atoms with Gasteiger partial charge in [0.15, 0.2) is 0 Å². The number of rotatable bonds is 5. The van der Waals surface area contributed by atoms with Crippen molar-refractivity contribution in [1.29, 1.82) is 0 Å². The molecule has 1 atom stereocenters. The molecule has 1 aromatic rings. The van der Waals surface area contributed by atoms with Gasteiger partial charge in [-0.15, -0.1) is 0 Å². The van der Waals surface area contributed by atoms with Crippen LogP contribution >= 0.6 is 11.6 Å². The summed E-state index contributed by atoms with van der Waals surface area (Å²) in [6.45, 7) is 6.34. The van der Waals surface area contributed by atoms with Crippen molar-refractivity contribution in [2.24, 2.45) is 0 Å². The molecule has 3 heteroatoms. The van der Waals surface area contributed by atoms with E-state index < -0.39 is 0 Å². The summed E-state index contributed by atoms with van der Waals surface area (Å²) in [5, 5.41) is 3.71. The van der Waals surface area contributed by atoms with Crippen LogP contribution in [-0.2, 0) is 6.54 Å². The Bertz CT molecular complexity index is 338. The summed E-state index contributed by atoms with van der Waals surface area (Å²) in [6, 6.07) is 5.74. The van der Waals surface area contributed by atoms with Crippen LogP contribution < -0.4 is 10.1 Å². The monoisotopic (exact) mass is 225 g/mol. The predicted octanol–water partition coefficient (Wildman–Crippen LogP) is 3.01. The standard InChI is InChI=1S/C12H16ClNO/c1-4-9(2)15-12-10(8-14-3)6-5-7-11(12)13/h4-7,9,14H,1,8H2,2-3H3. The molecular weight excluding hydrogens is 210 g/mol. The van der Waals surface area contributed by atoms with Gasteiger partial charge in [0.2, 0.25) is 0 Å². The number of para-hydroxylation sites is 1. The van der Waals surface area contributed by atoms with E-state index in [1.165, 1.54) is 0 Å². The first kappa shape index (κ1) is 12.1. The molecule has 0 saturated heterocycles. The van der Waals surface area contributed by atoms with E-state index in [0.717, 1.165) is 17.9 Å². The van der Waals surface area contributed by atoms with Crippen LogP contribution in [0.1, 0.15) is 12.5 Å². The number of benzene rings is 1. The molecular formula is C12H16ClNO. The predicted molar refractivity (Wildman–Crippen MR) is 64.5 cm³/mol. The topological polar surface area (TPSA) is 21.3 Å². The Kier molecular flexibility index (Phi) is 4.66. The average Bonchev–Trinajstić information content (AvgIpc) is 2.23. The van der Waals surface area contributed by atoms with E-state index in [1.807, 2.05) is 32.2 Å². The minimum absolute atomic E-state index is 0.0412. The molecule has 82 valence electrons. The molecule has 15 heavy (non-hydrogen) atoms. The van der Waals surface area contributed by atoms with Crippen LogP contribution in [0.4, 0.5) is 0 Å². The molecule has 0 aliphatic carbocycles. The van der Waals surface area contributed by atoms with Gasteiger partial charge in [-0.25, -0.2) is 0 Å². The number of hydrogen-bond donors (Lipinski definition) is 1. The van der Waals surface area contributed by atoms with Crippen LogP contribution in [0, 0.1) is 0 Å². The summed E-state index contributed by atoms with van der Waals surface area (Å²) in [4.78, 5) is 0. The fourth-order valence-electron chi connectivity index (χ4n) is 1.25. The maximum Gasteiger partial charge on any atom is 0.143 e. The minimum atomic E-state index is -0.0412. The van der Waals surface area contributed by atoms with E-state index in [1.54, 1.807) is 6.08 Å². The average molecular weight is 226 g/mol. The van der Waals surface area contributed by atoms with Gasteiger partial charge in [-0.05, 0) is 20.0 Å². The molecule has 0 aromatic heterocycles. The fourth-order valence-corrected chi connectivity index (χ4v) is 1.49. The zero-order chi connectivity index (χ0) is 11.3. The van der Waals surface area contributed by atoms with E-state index in [-0.39, 0.29) is 6.10 Å². The van der Waals surface area contributed by atoms with E-state index >= 15 is 0 Å². The summed E-state index contributed by atoms with van der Waals surface area (Å²) < 4.78 is 5.69. The highest BCUT2D eigenvalue weighted by Gasteiger charge is 2.09. The summed E-state index contributed by atoms with van der Waals surface area (Å²) in [5.74, 6) is 0.737. The Hall–Kier alpha value is -0.990. The van der Waals surface area contributed by atoms with Crippen LogP contribution in [0.25, 0.3) is 0 Å². The van der Waals surface area contributed by atoms with Crippen LogP contribution in [0.2, 0.25) is 5.02 Å². The molecule has 0 heterocycles. The lowest BCUT2D eigenvalue weighted by Crippen LogP contribution is -2.12. The molecule has 0 bridgehead atoms. The SMILES string of the molecule is C=CC(C)Oc1c(Cl)cccc1CNC. The van der Waals surface area contributed by atoms with E-state index in [2.05, 4.69) is 11.9 Å². The highest BCUT2D eigenvalue weighted by atomic mass is 35.5. The van der Waals surface area contributed by atoms with Gasteiger partial charge in [0.25, 0.3) is 0 Å². The number of nitrogens with one attached hydrogen (secondary N) is 1. The Labute approximate surface area is 95.9 Å². The second-order valence-electron chi connectivity index (χ2n) is 3.32. The zero-order valence-electron chi connectivity index (χ0n) is 9.09. The van der Waals surface area contributed by atoms with Gasteiger partial charge in [-0.2, -0.15) is 0 Å². The lowest BCUT2D eigenvalue weighted by molar-refractivity contribution is 0.267. The number of ether oxygens (including phenoxy) is 1. The molecule has 0 aliphatic rings. The number of halogens is 1. The second kappa shape index (κ2) is 5.79. The fraction of sp³-hybridized carbons (Fsp3) is 0.333. The van der Waals surface area contributed by atoms with Gasteiger partial charge in [-0.1, -0.05) is 36.4 Å². The minimum Gasteiger partial charge on any atom is -0.485 e. The molecule has 0 spiro atoms. The van der Waals surface area contributed by atoms with Gasteiger partial charge in [0, 0.05) is 12.1 Å². The molecule has 1 rings (SSSR count). The molecule has 0 radical (unpaired) electrons. The van der Waals surface area contributed by atoms with Crippen molar-refractivity contribution in [2.45, 2.75) is 19.6 Å². The van der Waals surface area contributed by atoms with Crippen LogP contribution in [0.15, 0.2) is 30.9 Å². The summed E-state index contributed by atoms with van der Waals surface area (Å²) in [7, 11) is 1.89. The quantitative estimate of drug-likeness (QED) is 0.778. The summed E-state index contributed by atoms with van der Waals surface area (Å²) >= 11 is 6.08. The highest BCUT2D eigenvalue weighted by molar-refractivity contribution is 6.32. The van der Waals surface area contributed by atoms with Crippen molar-refractivity contribution < 1.29 is 4.74 Å². The zero-order valence-corrected chi connectivity index (χ0v) is 9.84. The van der Waals surface area contributed by atoms with Crippen LogP contribution in [-0.4, -0.2) is 13.2 Å². The molecule has 0 fully saturated rings. The lowest BCUT2D eigenvalue weighted by atomic mass is 10.2. The molecule has 1 aromatic carbocycles. The maximum atomic E-state index is 6.08. The van der Waals surface area contributed by atoms with E-state index in [4.69, 9.17) is 16.3 Å². The van der Waals surface area contributed by atoms with Gasteiger partial charge in [0.1, 0.15) is 11.9 Å². The Morgan fingerprint density at radius 2 is 2.33 bits per heavy atom. The van der Waals surface area contributed by atoms with Crippen molar-refractivity contribution >= 4 is 11.6 Å². The Morgan fingerprint density at radius 3 is 2.93 bits per heavy atom. The van der Waals surface area contributed by atoms with Crippen molar-refractivity contribution in [3.8, 4) is 5.75 Å². The third kappa shape index (κ3) is 3.26. The van der Waals surface area contributed by atoms with Crippen molar-refractivity contribution in [3.05, 3.63) is 41.4 Å². The maximum absolute atomic E-state index is 6.08. The molecule has 1 N–H and O–H groups in total. The first-order valence-corrected chi connectivity index (χ1v) is 5.28. The van der Waals surface area contributed by atoms with E-state index in [0.29, 0.717) is 5.02 Å². The molecule has 0 aliphatic heterocycles. The van der Waals surface area contributed by atoms with Gasteiger partial charge >= 0.3 is 0 Å². The smallest absolute Gasteiger partial charge is 0.143 e. The van der Waals surface area contributed by atoms with Crippen LogP contribution in [0.5, 0.6) is 5.75 Å². The Morgan fingerprint density at radius 1 is 1.60 bits per heavy atom. The normalized spacial score (nSPS) is 12.2. The van der Waals surface area contributed by atoms with E-state index in [9.17, 15) is 0 Å². The number of hydrogen-bond acceptors (Lipinski definition) is 2. The van der Waals surface area contributed by atoms with Crippen molar-refractivity contribution in [3.63, 3.8) is 0 Å². The molecule has 1 unspecified atom stereocenters. The molecule has 0 saturated carbocycles. The Balaban J connectivity index is 2.96. The highest BCUT2D eigenvalue weighted by Crippen LogP contribution is 2.29. The van der Waals surface area contributed by atoms with Crippen molar-refractivity contribution in [1.82, 2.24) is 5.32 Å². The third-order valence-electron chi connectivity index (χ3n) is 2.05. The van der Waals surface area contributed by atoms with Gasteiger partial charge in [-0.3, -0.25) is 0 Å². The molecule has 0 amide bonds. The summed E-state index contributed by atoms with van der Waals surface area (Å²) in [6.07, 6.45) is 1.70. The van der Waals surface area contributed by atoms with Crippen LogP contribution in [0.3, 0.4) is 0 Å². The first-order chi connectivity index (χ1) is 7.19.